The topological polar surface area (TPSA) is 719 Å². The fourth-order valence-corrected chi connectivity index (χ4v) is 13.4. The van der Waals surface area contributed by atoms with Crippen LogP contribution in [0.3, 0.4) is 0 Å². The van der Waals surface area contributed by atoms with Gasteiger partial charge < -0.3 is 169 Å². The van der Waals surface area contributed by atoms with E-state index in [2.05, 4.69) is 46.6 Å². The standard InChI is InChI=1S/C15H29N3O7.C14H23BrO6.C14H23N3O6.C14H22O7.C8H15N3O6.C8H17NO6.2CH4/c1-17-9-5-7(16)4-8(9)14(23)18-2-3-24-15-13(22)12(21)11(20)10(6-19)25-15;1-8-9(2)13(20-11(4)17)14(18-6-5-15)21-12(8)7-19-10(3)16;1-8-9(2)13(22-11(4)19)14(20-6-5-16-17-15)23-12(8)7-21-10(3)18;1-7-8(2)13(19-10(4)16)14(20-11(5)17)21-12(7)6-18-9(3)15;9-11-10-1-2-16-8-7(15)6(14)5(13)4(3-12)17-8;9-1-2-14-8-7(13)6(12)5(11)4(3-10)15-8;;/h7-13,15,17,19-22H,2-6,16H2,1H3,(H,18,23);8-9,12-14H,5-7H2,1-4H3;8-9,12-14H,5-7H2,1-4H3;7-8,12-14H,6H2,1-5H3;4-8,12-15H,1-3H2;4-8,10-13H,1-3,9H2;2*1H4/t7?,8?,9?,10?,11-,12?,13?,15+;;;;;;;/m0......./s1. The van der Waals surface area contributed by atoms with Crippen molar-refractivity contribution in [2.75, 3.05) is 111 Å². The number of aliphatic hydroxyl groups excluding tert-OH is 12. The number of nitrogens with zero attached hydrogens (tertiary/aromatic N) is 6. The fourth-order valence-electron chi connectivity index (χ4n) is 13.2. The Bertz CT molecular complexity index is 3170. The van der Waals surface area contributed by atoms with E-state index in [1.54, 1.807) is 7.05 Å². The number of nitrogens with two attached hydrogens (primary N) is 2. The summed E-state index contributed by atoms with van der Waals surface area (Å²) in [6.07, 6.45) is -23.1. The van der Waals surface area contributed by atoms with Gasteiger partial charge in [-0.3, -0.25) is 38.4 Å². The van der Waals surface area contributed by atoms with Gasteiger partial charge in [-0.2, -0.15) is 0 Å². The Morgan fingerprint density at radius 2 is 0.726 bits per heavy atom. The molecule has 124 heavy (non-hydrogen) atoms. The minimum atomic E-state index is -1.48. The first-order valence-electron chi connectivity index (χ1n) is 39.6. The molecule has 722 valence electrons. The molecule has 0 spiro atoms. The molecule has 0 aromatic rings. The van der Waals surface area contributed by atoms with Crippen LogP contribution >= 0.6 is 15.9 Å². The zero-order valence-electron chi connectivity index (χ0n) is 71.0. The van der Waals surface area contributed by atoms with E-state index in [0.29, 0.717) is 18.4 Å². The molecule has 1 amide bonds. The van der Waals surface area contributed by atoms with Crippen molar-refractivity contribution < 1.29 is 185 Å². The molecular formula is C75H137BrN10O38. The SMILES string of the molecule is C.C.CC(=O)OCC1OC(OC(C)=O)C(OC(C)=O)C(C)C1C.CC(=O)OCC1OC(OCCBr)C(OC(C)=O)C(C)C1C.CC(=O)OCC1OC(OCCN=[N+]=[N-])C(OC(C)=O)C(C)C1C.CNC1CC(N)CC1C(=O)NCCO[C@@H]1OC(CO)[C@H](O)C(O)C1O.NCCOC1OC(CO)C(O)C(O)C1O.[N-]=[N+]=NCCOC1OC(CO)C(O)C(O)C1O. The molecule has 49 heteroatoms. The summed E-state index contributed by atoms with van der Waals surface area (Å²) in [7, 11) is 1.80. The average molecular weight is 1870 g/mol. The first kappa shape index (κ1) is 118. The minimum absolute atomic E-state index is 0. The predicted octanol–water partition coefficient (Wildman–Crippen LogP) is -2.87. The van der Waals surface area contributed by atoms with Gasteiger partial charge in [-0.1, -0.05) is 82.6 Å². The Morgan fingerprint density at radius 3 is 1.03 bits per heavy atom. The first-order chi connectivity index (χ1) is 57.6. The van der Waals surface area contributed by atoms with E-state index in [1.807, 2.05) is 41.5 Å². The second-order valence-corrected chi connectivity index (χ2v) is 30.2. The van der Waals surface area contributed by atoms with Gasteiger partial charge in [0.2, 0.25) is 12.2 Å². The zero-order chi connectivity index (χ0) is 92.4. The smallest absolute Gasteiger partial charge is 0.305 e. The van der Waals surface area contributed by atoms with Gasteiger partial charge in [-0.05, 0) is 48.7 Å². The Morgan fingerprint density at radius 1 is 0.419 bits per heavy atom. The second kappa shape index (κ2) is 62.1. The molecule has 7 rings (SSSR count). The maximum Gasteiger partial charge on any atom is 0.305 e. The number of halogens is 1. The van der Waals surface area contributed by atoms with Gasteiger partial charge in [0, 0.05) is 120 Å². The molecule has 0 aromatic carbocycles. The molecule has 1 aliphatic carbocycles. The van der Waals surface area contributed by atoms with Crippen LogP contribution in [-0.2, 0) is 124 Å². The lowest BCUT2D eigenvalue weighted by atomic mass is 9.83. The number of ether oxygens (including phenoxy) is 18. The van der Waals surface area contributed by atoms with E-state index in [0.717, 1.165) is 6.42 Å². The van der Waals surface area contributed by atoms with E-state index in [9.17, 15) is 84.3 Å². The Kier molecular flexibility index (Phi) is 59.0. The van der Waals surface area contributed by atoms with Crippen LogP contribution in [0.15, 0.2) is 10.2 Å². The van der Waals surface area contributed by atoms with Gasteiger partial charge >= 0.3 is 41.8 Å². The summed E-state index contributed by atoms with van der Waals surface area (Å²) in [6.45, 7) is 21.0. The summed E-state index contributed by atoms with van der Waals surface area (Å²) in [5, 5.41) is 126. The highest BCUT2D eigenvalue weighted by molar-refractivity contribution is 9.09. The molecule has 31 unspecified atom stereocenters. The van der Waals surface area contributed by atoms with E-state index in [1.165, 1.54) is 48.5 Å². The molecule has 0 aromatic heterocycles. The monoisotopic (exact) mass is 1860 g/mol. The molecule has 48 nitrogen and oxygen atoms in total. The summed E-state index contributed by atoms with van der Waals surface area (Å²) in [4.78, 5) is 95.2. The maximum atomic E-state index is 12.2. The quantitative estimate of drug-likeness (QED) is 0.00597. The summed E-state index contributed by atoms with van der Waals surface area (Å²) in [5.41, 5.74) is 27.4. The highest BCUT2D eigenvalue weighted by atomic mass is 79.9. The number of esters is 7. The molecule has 7 aliphatic rings. The molecule has 6 aliphatic heterocycles. The van der Waals surface area contributed by atoms with Crippen molar-refractivity contribution in [3.63, 3.8) is 0 Å². The van der Waals surface area contributed by atoms with Gasteiger partial charge in [0.25, 0.3) is 0 Å². The number of hydrogen-bond acceptors (Lipinski definition) is 43. The Hall–Kier alpha value is -6.18. The van der Waals surface area contributed by atoms with Crippen LogP contribution in [0.2, 0.25) is 0 Å². The van der Waals surface area contributed by atoms with E-state index in [-0.39, 0.29) is 171 Å². The van der Waals surface area contributed by atoms with Crippen molar-refractivity contribution in [1.29, 1.82) is 0 Å². The Labute approximate surface area is 729 Å². The van der Waals surface area contributed by atoms with Crippen LogP contribution in [0.4, 0.5) is 0 Å². The van der Waals surface area contributed by atoms with Crippen molar-refractivity contribution >= 4 is 63.6 Å². The zero-order valence-corrected chi connectivity index (χ0v) is 72.6. The number of rotatable bonds is 33. The normalized spacial score (nSPS) is 35.2. The summed E-state index contributed by atoms with van der Waals surface area (Å²) in [5.74, 6) is -3.41. The molecule has 6 heterocycles. The average Bonchev–Trinajstić information content (AvgIpc) is 1.54. The van der Waals surface area contributed by atoms with Crippen LogP contribution < -0.4 is 22.1 Å². The highest BCUT2D eigenvalue weighted by Gasteiger charge is 2.51. The number of azide groups is 2. The van der Waals surface area contributed by atoms with Gasteiger partial charge in [0.05, 0.1) is 77.1 Å². The maximum absolute atomic E-state index is 12.2. The van der Waals surface area contributed by atoms with Crippen molar-refractivity contribution in [1.82, 2.24) is 10.6 Å². The lowest BCUT2D eigenvalue weighted by Crippen LogP contribution is -2.59. The predicted molar refractivity (Wildman–Crippen MR) is 431 cm³/mol. The molecule has 0 radical (unpaired) electrons. The summed E-state index contributed by atoms with van der Waals surface area (Å²) in [6, 6.07) is 0.0416. The lowest BCUT2D eigenvalue weighted by molar-refractivity contribution is -0.300. The van der Waals surface area contributed by atoms with Crippen LogP contribution in [0.5, 0.6) is 0 Å². The molecular weight excluding hydrogens is 1730 g/mol. The molecule has 33 atom stereocenters. The number of nitrogens with one attached hydrogen (secondary N) is 2. The number of carbonyl (C=O) groups excluding carboxylic acids is 8. The van der Waals surface area contributed by atoms with E-state index >= 15 is 0 Å². The van der Waals surface area contributed by atoms with Crippen molar-refractivity contribution in [2.24, 2.45) is 63.1 Å². The third-order valence-electron chi connectivity index (χ3n) is 20.4. The fraction of sp³-hybridized carbons (Fsp3) is 0.893. The highest BCUT2D eigenvalue weighted by Crippen LogP contribution is 2.37. The molecule has 18 N–H and O–H groups in total. The van der Waals surface area contributed by atoms with Gasteiger partial charge in [-0.25, -0.2) is 0 Å². The number of hydrogen-bond donors (Lipinski definition) is 16. The number of alkyl halides is 1. The van der Waals surface area contributed by atoms with Crippen LogP contribution in [0.1, 0.15) is 118 Å². The largest absolute Gasteiger partial charge is 0.463 e. The molecule has 6 saturated heterocycles. The van der Waals surface area contributed by atoms with Crippen LogP contribution in [-0.4, -0.2) is 380 Å². The number of amides is 1. The van der Waals surface area contributed by atoms with Crippen molar-refractivity contribution in [3.05, 3.63) is 20.9 Å². The Balaban J connectivity index is 0.00000147. The van der Waals surface area contributed by atoms with E-state index in [4.69, 9.17) is 123 Å². The van der Waals surface area contributed by atoms with E-state index < -0.39 is 185 Å². The van der Waals surface area contributed by atoms with Gasteiger partial charge in [-0.15, -0.1) is 0 Å². The van der Waals surface area contributed by atoms with Gasteiger partial charge in [0.15, 0.2) is 49.8 Å². The summed E-state index contributed by atoms with van der Waals surface area (Å²) >= 11 is 3.28. The number of aliphatic hydroxyl groups is 12. The molecule has 1 saturated carbocycles. The van der Waals surface area contributed by atoms with Gasteiger partial charge in [0.1, 0.15) is 93.1 Å². The number of carbonyl (C=O) groups is 8. The first-order valence-corrected chi connectivity index (χ1v) is 40.7. The molecule has 0 bridgehead atoms. The lowest BCUT2D eigenvalue weighted by Gasteiger charge is -2.43. The van der Waals surface area contributed by atoms with Crippen LogP contribution in [0, 0.1) is 41.4 Å². The molecule has 7 fully saturated rings. The third kappa shape index (κ3) is 39.8. The van der Waals surface area contributed by atoms with Crippen molar-refractivity contribution in [3.8, 4) is 0 Å². The summed E-state index contributed by atoms with van der Waals surface area (Å²) < 4.78 is 95.1. The van der Waals surface area contributed by atoms with Crippen LogP contribution in [0.25, 0.3) is 20.9 Å². The second-order valence-electron chi connectivity index (χ2n) is 29.4. The van der Waals surface area contributed by atoms with Crippen molar-refractivity contribution in [2.45, 2.75) is 277 Å². The minimum Gasteiger partial charge on any atom is -0.463 e. The third-order valence-corrected chi connectivity index (χ3v) is 20.8.